The van der Waals surface area contributed by atoms with Gasteiger partial charge in [-0.15, -0.1) is 0 Å². The van der Waals surface area contributed by atoms with Gasteiger partial charge in [-0.25, -0.2) is 4.68 Å². The minimum absolute atomic E-state index is 0.0651. The Balaban J connectivity index is 2.54. The Morgan fingerprint density at radius 2 is 2.00 bits per heavy atom. The smallest absolute Gasteiger partial charge is 0.141 e. The molecule has 0 saturated carbocycles. The van der Waals surface area contributed by atoms with Gasteiger partial charge in [-0.2, -0.15) is 5.10 Å². The average molecular weight is 216 g/mol. The van der Waals surface area contributed by atoms with Gasteiger partial charge in [0.25, 0.3) is 0 Å². The summed E-state index contributed by atoms with van der Waals surface area (Å²) in [7, 11) is 0. The Morgan fingerprint density at radius 1 is 1.25 bits per heavy atom. The third-order valence-corrected chi connectivity index (χ3v) is 2.59. The van der Waals surface area contributed by atoms with Crippen LogP contribution in [0, 0.1) is 0 Å². The standard InChI is InChI=1S/C13H16N2O/c1-13(2,3)10-5-6-12(16)11(9-10)15-8-4-7-14-15/h4-9,16H,1-3H3. The summed E-state index contributed by atoms with van der Waals surface area (Å²) in [6, 6.07) is 7.48. The lowest BCUT2D eigenvalue weighted by molar-refractivity contribution is 0.469. The molecule has 1 N–H and O–H groups in total. The molecule has 1 aromatic carbocycles. The summed E-state index contributed by atoms with van der Waals surface area (Å²) < 4.78 is 1.67. The van der Waals surface area contributed by atoms with Gasteiger partial charge >= 0.3 is 0 Å². The average Bonchev–Trinajstić information content (AvgIpc) is 2.69. The fourth-order valence-electron chi connectivity index (χ4n) is 1.58. The first-order chi connectivity index (χ1) is 7.48. The van der Waals surface area contributed by atoms with Crippen LogP contribution in [0.2, 0.25) is 0 Å². The van der Waals surface area contributed by atoms with Crippen LogP contribution in [0.5, 0.6) is 5.75 Å². The number of benzene rings is 1. The van der Waals surface area contributed by atoms with Crippen LogP contribution in [-0.4, -0.2) is 14.9 Å². The molecular formula is C13H16N2O. The third-order valence-electron chi connectivity index (χ3n) is 2.59. The van der Waals surface area contributed by atoms with E-state index < -0.39 is 0 Å². The molecule has 0 amide bonds. The normalized spacial score (nSPS) is 11.7. The van der Waals surface area contributed by atoms with E-state index in [9.17, 15) is 5.11 Å². The summed E-state index contributed by atoms with van der Waals surface area (Å²) in [5.74, 6) is 0.247. The molecule has 0 aliphatic carbocycles. The van der Waals surface area contributed by atoms with Crippen LogP contribution in [0.25, 0.3) is 5.69 Å². The lowest BCUT2D eigenvalue weighted by Crippen LogP contribution is -2.11. The molecule has 0 spiro atoms. The lowest BCUT2D eigenvalue weighted by atomic mass is 9.87. The van der Waals surface area contributed by atoms with E-state index >= 15 is 0 Å². The second-order valence-corrected chi connectivity index (χ2v) is 4.90. The fraction of sp³-hybridized carbons (Fsp3) is 0.308. The van der Waals surface area contributed by atoms with Crippen LogP contribution >= 0.6 is 0 Å². The fourth-order valence-corrected chi connectivity index (χ4v) is 1.58. The van der Waals surface area contributed by atoms with Crippen molar-refractivity contribution in [3.05, 3.63) is 42.2 Å². The van der Waals surface area contributed by atoms with Gasteiger partial charge in [0.05, 0.1) is 0 Å². The molecule has 2 rings (SSSR count). The molecule has 3 nitrogen and oxygen atoms in total. The predicted molar refractivity (Wildman–Crippen MR) is 63.9 cm³/mol. The van der Waals surface area contributed by atoms with Crippen LogP contribution in [0.3, 0.4) is 0 Å². The summed E-state index contributed by atoms with van der Waals surface area (Å²) in [4.78, 5) is 0. The van der Waals surface area contributed by atoms with Gasteiger partial charge in [0.1, 0.15) is 11.4 Å². The predicted octanol–water partition coefficient (Wildman–Crippen LogP) is 2.88. The summed E-state index contributed by atoms with van der Waals surface area (Å²) in [5, 5.41) is 13.9. The summed E-state index contributed by atoms with van der Waals surface area (Å²) in [6.07, 6.45) is 3.52. The topological polar surface area (TPSA) is 38.0 Å². The molecule has 3 heteroatoms. The van der Waals surface area contributed by atoms with E-state index in [4.69, 9.17) is 0 Å². The second kappa shape index (κ2) is 3.67. The van der Waals surface area contributed by atoms with E-state index in [-0.39, 0.29) is 11.2 Å². The molecule has 0 aliphatic heterocycles. The first-order valence-electron chi connectivity index (χ1n) is 5.32. The van der Waals surface area contributed by atoms with Crippen molar-refractivity contribution in [2.24, 2.45) is 0 Å². The zero-order valence-electron chi connectivity index (χ0n) is 9.81. The van der Waals surface area contributed by atoms with Gasteiger partial charge in [0.15, 0.2) is 0 Å². The summed E-state index contributed by atoms with van der Waals surface area (Å²) in [5.41, 5.74) is 1.96. The van der Waals surface area contributed by atoms with Crippen molar-refractivity contribution < 1.29 is 5.11 Å². The summed E-state index contributed by atoms with van der Waals surface area (Å²) >= 11 is 0. The molecule has 1 aromatic heterocycles. The molecule has 0 saturated heterocycles. The zero-order valence-corrected chi connectivity index (χ0v) is 9.81. The number of hydrogen-bond acceptors (Lipinski definition) is 2. The molecule has 0 fully saturated rings. The molecule has 0 unspecified atom stereocenters. The molecule has 2 aromatic rings. The number of aromatic nitrogens is 2. The van der Waals surface area contributed by atoms with Crippen LogP contribution < -0.4 is 0 Å². The van der Waals surface area contributed by atoms with Gasteiger partial charge in [-0.1, -0.05) is 26.8 Å². The Morgan fingerprint density at radius 3 is 2.56 bits per heavy atom. The number of phenols is 1. The summed E-state index contributed by atoms with van der Waals surface area (Å²) in [6.45, 7) is 6.44. The van der Waals surface area contributed by atoms with Gasteiger partial charge in [0, 0.05) is 12.4 Å². The highest BCUT2D eigenvalue weighted by molar-refractivity contribution is 5.48. The van der Waals surface area contributed by atoms with Crippen molar-refractivity contribution in [3.63, 3.8) is 0 Å². The molecule has 84 valence electrons. The minimum atomic E-state index is 0.0651. The minimum Gasteiger partial charge on any atom is -0.506 e. The second-order valence-electron chi connectivity index (χ2n) is 4.90. The van der Waals surface area contributed by atoms with E-state index in [1.807, 2.05) is 24.4 Å². The Hall–Kier alpha value is -1.77. The van der Waals surface area contributed by atoms with Crippen LogP contribution in [0.4, 0.5) is 0 Å². The largest absolute Gasteiger partial charge is 0.506 e. The van der Waals surface area contributed by atoms with Crippen molar-refractivity contribution in [2.45, 2.75) is 26.2 Å². The first kappa shape index (κ1) is 10.7. The molecule has 0 bridgehead atoms. The van der Waals surface area contributed by atoms with E-state index in [2.05, 4.69) is 25.9 Å². The number of phenolic OH excluding ortho intramolecular Hbond substituents is 1. The highest BCUT2D eigenvalue weighted by Crippen LogP contribution is 2.29. The molecule has 1 heterocycles. The number of hydrogen-bond donors (Lipinski definition) is 1. The zero-order chi connectivity index (χ0) is 11.8. The SMILES string of the molecule is CC(C)(C)c1ccc(O)c(-n2cccn2)c1. The molecule has 0 aliphatic rings. The molecule has 16 heavy (non-hydrogen) atoms. The van der Waals surface area contributed by atoms with E-state index in [0.717, 1.165) is 5.69 Å². The first-order valence-corrected chi connectivity index (χ1v) is 5.32. The van der Waals surface area contributed by atoms with Crippen molar-refractivity contribution in [3.8, 4) is 11.4 Å². The van der Waals surface area contributed by atoms with Crippen molar-refractivity contribution >= 4 is 0 Å². The number of rotatable bonds is 1. The van der Waals surface area contributed by atoms with E-state index in [0.29, 0.717) is 0 Å². The highest BCUT2D eigenvalue weighted by atomic mass is 16.3. The quantitative estimate of drug-likeness (QED) is 0.796. The van der Waals surface area contributed by atoms with E-state index in [1.165, 1.54) is 5.56 Å². The van der Waals surface area contributed by atoms with Crippen LogP contribution in [0.1, 0.15) is 26.3 Å². The van der Waals surface area contributed by atoms with Gasteiger partial charge in [-0.3, -0.25) is 0 Å². The maximum absolute atomic E-state index is 9.81. The number of aromatic hydroxyl groups is 1. The van der Waals surface area contributed by atoms with Crippen LogP contribution in [-0.2, 0) is 5.41 Å². The van der Waals surface area contributed by atoms with Gasteiger partial charge in [0.2, 0.25) is 0 Å². The maximum Gasteiger partial charge on any atom is 0.141 e. The number of nitrogens with zero attached hydrogens (tertiary/aromatic N) is 2. The van der Waals surface area contributed by atoms with Crippen molar-refractivity contribution in [2.75, 3.05) is 0 Å². The molecular weight excluding hydrogens is 200 g/mol. The highest BCUT2D eigenvalue weighted by Gasteiger charge is 2.16. The van der Waals surface area contributed by atoms with Gasteiger partial charge < -0.3 is 5.11 Å². The lowest BCUT2D eigenvalue weighted by Gasteiger charge is -2.20. The van der Waals surface area contributed by atoms with Crippen molar-refractivity contribution in [1.82, 2.24) is 9.78 Å². The Bertz CT molecular complexity index is 481. The monoisotopic (exact) mass is 216 g/mol. The van der Waals surface area contributed by atoms with Gasteiger partial charge in [-0.05, 0) is 29.2 Å². The van der Waals surface area contributed by atoms with E-state index in [1.54, 1.807) is 16.9 Å². The van der Waals surface area contributed by atoms with Crippen molar-refractivity contribution in [1.29, 1.82) is 0 Å². The molecule has 0 radical (unpaired) electrons. The third kappa shape index (κ3) is 1.94. The Labute approximate surface area is 95.3 Å². The van der Waals surface area contributed by atoms with Crippen LogP contribution in [0.15, 0.2) is 36.7 Å². The molecule has 0 atom stereocenters. The maximum atomic E-state index is 9.81. The Kier molecular flexibility index (Phi) is 2.46.